The molecule has 140 valence electrons. The van der Waals surface area contributed by atoms with Gasteiger partial charge >= 0.3 is 0 Å². The van der Waals surface area contributed by atoms with Crippen molar-refractivity contribution in [2.24, 2.45) is 0 Å². The van der Waals surface area contributed by atoms with Crippen LogP contribution in [0.15, 0.2) is 59.1 Å². The fraction of sp³-hybridized carbons (Fsp3) is 0.333. The summed E-state index contributed by atoms with van der Waals surface area (Å²) >= 11 is 0. The molecule has 1 aromatic heterocycles. The Morgan fingerprint density at radius 2 is 1.56 bits per heavy atom. The summed E-state index contributed by atoms with van der Waals surface area (Å²) in [7, 11) is 0. The van der Waals surface area contributed by atoms with Crippen molar-refractivity contribution in [2.45, 2.75) is 19.5 Å². The zero-order valence-corrected chi connectivity index (χ0v) is 15.2. The highest BCUT2D eigenvalue weighted by atomic mass is 19.1. The smallest absolute Gasteiger partial charge is 0.241 e. The van der Waals surface area contributed by atoms with Gasteiger partial charge < -0.3 is 4.52 Å². The highest BCUT2D eigenvalue weighted by Gasteiger charge is 2.18. The fourth-order valence-corrected chi connectivity index (χ4v) is 3.40. The normalized spacial score (nSPS) is 16.3. The quantitative estimate of drug-likeness (QED) is 0.691. The summed E-state index contributed by atoms with van der Waals surface area (Å²) in [5.74, 6) is 1.11. The van der Waals surface area contributed by atoms with Gasteiger partial charge in [-0.05, 0) is 37.2 Å². The predicted molar refractivity (Wildman–Crippen MR) is 101 cm³/mol. The minimum atomic E-state index is -0.185. The Morgan fingerprint density at radius 3 is 2.30 bits per heavy atom. The summed E-state index contributed by atoms with van der Waals surface area (Å²) in [6.07, 6.45) is 1.08. The van der Waals surface area contributed by atoms with Crippen LogP contribution in [0.4, 0.5) is 4.39 Å². The van der Waals surface area contributed by atoms with E-state index in [0.717, 1.165) is 50.3 Å². The first kappa shape index (κ1) is 17.8. The van der Waals surface area contributed by atoms with E-state index in [1.54, 1.807) is 0 Å². The molecule has 4 rings (SSSR count). The molecule has 2 heterocycles. The summed E-state index contributed by atoms with van der Waals surface area (Å²) in [5.41, 5.74) is 2.11. The number of hydrogen-bond donors (Lipinski definition) is 0. The summed E-state index contributed by atoms with van der Waals surface area (Å²) in [5, 5.41) is 4.10. The molecule has 3 aromatic rings. The molecule has 5 nitrogen and oxygen atoms in total. The Bertz CT molecular complexity index is 850. The Balaban J connectivity index is 1.32. The van der Waals surface area contributed by atoms with Crippen LogP contribution < -0.4 is 0 Å². The largest absolute Gasteiger partial charge is 0.338 e. The number of nitrogens with zero attached hydrogens (tertiary/aromatic N) is 4. The first-order valence-corrected chi connectivity index (χ1v) is 9.33. The summed E-state index contributed by atoms with van der Waals surface area (Å²) in [4.78, 5) is 9.30. The van der Waals surface area contributed by atoms with Gasteiger partial charge in [-0.1, -0.05) is 47.6 Å². The first-order chi connectivity index (χ1) is 13.3. The summed E-state index contributed by atoms with van der Waals surface area (Å²) in [6.45, 7) is 5.48. The van der Waals surface area contributed by atoms with Crippen molar-refractivity contribution in [3.63, 3.8) is 0 Å². The average molecular weight is 366 g/mol. The van der Waals surface area contributed by atoms with Crippen LogP contribution in [-0.2, 0) is 13.1 Å². The second kappa shape index (κ2) is 8.41. The lowest BCUT2D eigenvalue weighted by Gasteiger charge is -2.20. The van der Waals surface area contributed by atoms with Crippen molar-refractivity contribution in [2.75, 3.05) is 26.2 Å². The van der Waals surface area contributed by atoms with E-state index in [1.165, 1.54) is 12.1 Å². The van der Waals surface area contributed by atoms with Gasteiger partial charge in [-0.25, -0.2) is 4.39 Å². The molecule has 0 atom stereocenters. The second-order valence-corrected chi connectivity index (χ2v) is 6.91. The number of halogens is 1. The molecule has 0 aliphatic carbocycles. The van der Waals surface area contributed by atoms with Crippen LogP contribution in [0, 0.1) is 5.82 Å². The van der Waals surface area contributed by atoms with Gasteiger partial charge in [0.2, 0.25) is 11.7 Å². The molecule has 1 aliphatic rings. The second-order valence-electron chi connectivity index (χ2n) is 6.91. The molecule has 1 aliphatic heterocycles. The van der Waals surface area contributed by atoms with E-state index in [0.29, 0.717) is 18.3 Å². The standard InChI is InChI=1S/C21H23FN4O/c22-19-9-7-17(8-10-19)15-25-11-4-12-26(14-13-25)16-20-23-21(24-27-20)18-5-2-1-3-6-18/h1-3,5-10H,4,11-16H2. The van der Waals surface area contributed by atoms with Crippen molar-refractivity contribution in [1.29, 1.82) is 0 Å². The highest BCUT2D eigenvalue weighted by molar-refractivity contribution is 5.53. The van der Waals surface area contributed by atoms with E-state index in [4.69, 9.17) is 4.52 Å². The van der Waals surface area contributed by atoms with Crippen LogP contribution in [0.5, 0.6) is 0 Å². The molecule has 0 saturated carbocycles. The van der Waals surface area contributed by atoms with Crippen LogP contribution >= 0.6 is 0 Å². The molecule has 1 saturated heterocycles. The molecule has 0 amide bonds. The monoisotopic (exact) mass is 366 g/mol. The highest BCUT2D eigenvalue weighted by Crippen LogP contribution is 2.16. The van der Waals surface area contributed by atoms with Crippen LogP contribution in [0.2, 0.25) is 0 Å². The van der Waals surface area contributed by atoms with Crippen molar-refractivity contribution < 1.29 is 8.91 Å². The van der Waals surface area contributed by atoms with Crippen LogP contribution in [0.1, 0.15) is 17.9 Å². The maximum Gasteiger partial charge on any atom is 0.241 e. The fourth-order valence-electron chi connectivity index (χ4n) is 3.40. The van der Waals surface area contributed by atoms with Gasteiger partial charge in [0.25, 0.3) is 0 Å². The van der Waals surface area contributed by atoms with Gasteiger partial charge in [0.1, 0.15) is 5.82 Å². The van der Waals surface area contributed by atoms with Crippen LogP contribution in [0.3, 0.4) is 0 Å². The number of benzene rings is 2. The van der Waals surface area contributed by atoms with Crippen LogP contribution in [-0.4, -0.2) is 46.1 Å². The lowest BCUT2D eigenvalue weighted by atomic mass is 10.2. The molecule has 0 N–H and O–H groups in total. The van der Waals surface area contributed by atoms with E-state index >= 15 is 0 Å². The number of hydrogen-bond acceptors (Lipinski definition) is 5. The van der Waals surface area contributed by atoms with Gasteiger partial charge in [-0.2, -0.15) is 4.98 Å². The van der Waals surface area contributed by atoms with Crippen molar-refractivity contribution in [1.82, 2.24) is 19.9 Å². The van der Waals surface area contributed by atoms with E-state index < -0.39 is 0 Å². The molecule has 1 fully saturated rings. The molecular formula is C21H23FN4O. The third kappa shape index (κ3) is 4.78. The molecule has 6 heteroatoms. The Labute approximate surface area is 158 Å². The van der Waals surface area contributed by atoms with Gasteiger partial charge in [-0.15, -0.1) is 0 Å². The zero-order valence-electron chi connectivity index (χ0n) is 15.2. The van der Waals surface area contributed by atoms with Gasteiger partial charge in [0.05, 0.1) is 6.54 Å². The zero-order chi connectivity index (χ0) is 18.5. The molecular weight excluding hydrogens is 343 g/mol. The third-order valence-electron chi connectivity index (χ3n) is 4.86. The van der Waals surface area contributed by atoms with Crippen molar-refractivity contribution in [3.05, 3.63) is 71.9 Å². The molecule has 2 aromatic carbocycles. The summed E-state index contributed by atoms with van der Waals surface area (Å²) < 4.78 is 18.5. The number of rotatable bonds is 5. The van der Waals surface area contributed by atoms with E-state index in [-0.39, 0.29) is 5.82 Å². The van der Waals surface area contributed by atoms with E-state index in [9.17, 15) is 4.39 Å². The predicted octanol–water partition coefficient (Wildman–Crippen LogP) is 3.58. The lowest BCUT2D eigenvalue weighted by molar-refractivity contribution is 0.222. The van der Waals surface area contributed by atoms with Crippen LogP contribution in [0.25, 0.3) is 11.4 Å². The number of aromatic nitrogens is 2. The molecule has 0 spiro atoms. The molecule has 0 unspecified atom stereocenters. The Kier molecular flexibility index (Phi) is 5.55. The van der Waals surface area contributed by atoms with Crippen molar-refractivity contribution in [3.8, 4) is 11.4 Å². The minimum absolute atomic E-state index is 0.185. The van der Waals surface area contributed by atoms with E-state index in [2.05, 4.69) is 19.9 Å². The van der Waals surface area contributed by atoms with Crippen molar-refractivity contribution >= 4 is 0 Å². The molecule has 0 radical (unpaired) electrons. The lowest BCUT2D eigenvalue weighted by Crippen LogP contribution is -2.30. The van der Waals surface area contributed by atoms with E-state index in [1.807, 2.05) is 42.5 Å². The Morgan fingerprint density at radius 1 is 0.852 bits per heavy atom. The Hall–Kier alpha value is -2.57. The maximum absolute atomic E-state index is 13.1. The van der Waals surface area contributed by atoms with Gasteiger partial charge in [0, 0.05) is 25.2 Å². The molecule has 27 heavy (non-hydrogen) atoms. The summed E-state index contributed by atoms with van der Waals surface area (Å²) in [6, 6.07) is 16.6. The minimum Gasteiger partial charge on any atom is -0.338 e. The third-order valence-corrected chi connectivity index (χ3v) is 4.86. The topological polar surface area (TPSA) is 45.4 Å². The van der Waals surface area contributed by atoms with Gasteiger partial charge in [-0.3, -0.25) is 9.80 Å². The van der Waals surface area contributed by atoms with Gasteiger partial charge in [0.15, 0.2) is 0 Å². The average Bonchev–Trinajstić information content (AvgIpc) is 3.05. The first-order valence-electron chi connectivity index (χ1n) is 9.33. The SMILES string of the molecule is Fc1ccc(CN2CCCN(Cc3nc(-c4ccccc4)no3)CC2)cc1. The molecule has 0 bridgehead atoms. The maximum atomic E-state index is 13.1.